The molecule has 0 saturated carbocycles. The first kappa shape index (κ1) is 21.7. The molecule has 5 rings (SSSR count). The van der Waals surface area contributed by atoms with Crippen LogP contribution in [0.3, 0.4) is 0 Å². The summed E-state index contributed by atoms with van der Waals surface area (Å²) in [6.45, 7) is 2.12. The molecule has 5 aromatic rings. The molecule has 2 heterocycles. The van der Waals surface area contributed by atoms with Gasteiger partial charge in [-0.05, 0) is 36.8 Å². The van der Waals surface area contributed by atoms with Crippen molar-refractivity contribution in [2.45, 2.75) is 23.3 Å². The Morgan fingerprint density at radius 3 is 2.15 bits per heavy atom. The molecule has 0 amide bonds. The third kappa shape index (κ3) is 3.58. The molecule has 0 atom stereocenters. The number of hydrogen-bond donors (Lipinski definition) is 1. The van der Waals surface area contributed by atoms with Crippen LogP contribution >= 0.6 is 0 Å². The van der Waals surface area contributed by atoms with Gasteiger partial charge in [-0.1, -0.05) is 66.2 Å². The quantitative estimate of drug-likeness (QED) is 0.419. The predicted octanol–water partition coefficient (Wildman–Crippen LogP) is 3.96. The second-order valence-corrected chi connectivity index (χ2v) is 9.95. The lowest BCUT2D eigenvalue weighted by atomic mass is 10.2. The molecule has 34 heavy (non-hydrogen) atoms. The number of hydrogen-bond acceptors (Lipinski definition) is 5. The Morgan fingerprint density at radius 2 is 1.50 bits per heavy atom. The minimum absolute atomic E-state index is 0.00383. The summed E-state index contributed by atoms with van der Waals surface area (Å²) in [6, 6.07) is 25.0. The van der Waals surface area contributed by atoms with Gasteiger partial charge < -0.3 is 10.3 Å². The lowest BCUT2D eigenvalue weighted by Gasteiger charge is -2.09. The number of aryl methyl sites for hydroxylation is 1. The molecule has 3 aromatic carbocycles. The summed E-state index contributed by atoms with van der Waals surface area (Å²) in [4.78, 5) is 13.6. The average molecular weight is 471 g/mol. The molecule has 0 spiro atoms. The molecule has 170 valence electrons. The molecule has 0 fully saturated rings. The van der Waals surface area contributed by atoms with E-state index in [4.69, 9.17) is 5.73 Å². The Balaban J connectivity index is 1.82. The molecule has 2 aromatic heterocycles. The normalized spacial score (nSPS) is 11.7. The second kappa shape index (κ2) is 8.31. The molecule has 7 nitrogen and oxygen atoms in total. The van der Waals surface area contributed by atoms with Crippen molar-refractivity contribution in [3.63, 3.8) is 0 Å². The SMILES string of the molecule is Cc1ccc(S(=O)(=O)c2c(N)n(Cc3ccccc3)c3c(=O)n(-c4ccccc4)ncc23)cc1. The highest BCUT2D eigenvalue weighted by Crippen LogP contribution is 2.35. The Hall–Kier alpha value is -4.17. The fraction of sp³-hybridized carbons (Fsp3) is 0.0769. The van der Waals surface area contributed by atoms with Crippen LogP contribution in [0, 0.1) is 6.92 Å². The van der Waals surface area contributed by atoms with Crippen molar-refractivity contribution in [2.24, 2.45) is 0 Å². The standard InChI is InChI=1S/C26H22N4O3S/c1-18-12-14-21(15-13-18)34(32,33)24-22-16-28-30(20-10-6-3-7-11-20)26(31)23(22)29(25(24)27)17-19-8-4-2-5-9-19/h2-16H,17,27H2,1H3. The zero-order valence-electron chi connectivity index (χ0n) is 18.4. The summed E-state index contributed by atoms with van der Waals surface area (Å²) in [6.07, 6.45) is 1.41. The smallest absolute Gasteiger partial charge is 0.296 e. The van der Waals surface area contributed by atoms with Gasteiger partial charge in [-0.15, -0.1) is 0 Å². The Morgan fingerprint density at radius 1 is 0.882 bits per heavy atom. The van der Waals surface area contributed by atoms with Crippen molar-refractivity contribution in [1.29, 1.82) is 0 Å². The summed E-state index contributed by atoms with van der Waals surface area (Å²) in [7, 11) is -4.01. The number of sulfone groups is 1. The van der Waals surface area contributed by atoms with E-state index in [2.05, 4.69) is 5.10 Å². The lowest BCUT2D eigenvalue weighted by molar-refractivity contribution is 0.597. The summed E-state index contributed by atoms with van der Waals surface area (Å²) in [5.41, 5.74) is 8.61. The van der Waals surface area contributed by atoms with Crippen molar-refractivity contribution >= 4 is 26.6 Å². The first-order valence-electron chi connectivity index (χ1n) is 10.7. The maximum absolute atomic E-state index is 13.7. The topological polar surface area (TPSA) is 100.0 Å². The van der Waals surface area contributed by atoms with Gasteiger partial charge in [0.2, 0.25) is 9.84 Å². The van der Waals surface area contributed by atoms with Gasteiger partial charge in [0.05, 0.1) is 16.8 Å². The van der Waals surface area contributed by atoms with Gasteiger partial charge >= 0.3 is 0 Å². The zero-order valence-corrected chi connectivity index (χ0v) is 19.2. The summed E-state index contributed by atoms with van der Waals surface area (Å²) in [5.74, 6) is 0.00383. The van der Waals surface area contributed by atoms with Gasteiger partial charge in [-0.25, -0.2) is 8.42 Å². The van der Waals surface area contributed by atoms with Crippen molar-refractivity contribution < 1.29 is 8.42 Å². The number of nitrogens with two attached hydrogens (primary N) is 1. The largest absolute Gasteiger partial charge is 0.384 e. The molecule has 0 radical (unpaired) electrons. The molecule has 0 unspecified atom stereocenters. The zero-order chi connectivity index (χ0) is 23.9. The molecule has 0 aliphatic heterocycles. The van der Waals surface area contributed by atoms with E-state index in [1.165, 1.54) is 10.9 Å². The third-order valence-corrected chi connectivity index (χ3v) is 7.63. The Kier molecular flexibility index (Phi) is 5.30. The number of fused-ring (bicyclic) bond motifs is 1. The molecule has 0 aliphatic carbocycles. The third-order valence-electron chi connectivity index (χ3n) is 5.77. The Bertz CT molecular complexity index is 1660. The molecular formula is C26H22N4O3S. The molecular weight excluding hydrogens is 448 g/mol. The van der Waals surface area contributed by atoms with Crippen LogP contribution in [-0.2, 0) is 16.4 Å². The first-order chi connectivity index (χ1) is 16.4. The van der Waals surface area contributed by atoms with Crippen molar-refractivity contribution in [3.8, 4) is 5.69 Å². The van der Waals surface area contributed by atoms with Crippen LogP contribution in [0.4, 0.5) is 5.82 Å². The van der Waals surface area contributed by atoms with Gasteiger partial charge in [-0.3, -0.25) is 4.79 Å². The number of nitrogens with zero attached hydrogens (tertiary/aromatic N) is 3. The van der Waals surface area contributed by atoms with E-state index >= 15 is 0 Å². The van der Waals surface area contributed by atoms with E-state index in [1.807, 2.05) is 43.3 Å². The van der Waals surface area contributed by atoms with Crippen LogP contribution in [0.2, 0.25) is 0 Å². The highest BCUT2D eigenvalue weighted by Gasteiger charge is 2.30. The molecule has 8 heteroatoms. The number of rotatable bonds is 5. The molecule has 0 bridgehead atoms. The summed E-state index contributed by atoms with van der Waals surface area (Å²) >= 11 is 0. The fourth-order valence-electron chi connectivity index (χ4n) is 4.05. The molecule has 0 saturated heterocycles. The second-order valence-electron chi connectivity index (χ2n) is 8.06. The number of para-hydroxylation sites is 1. The van der Waals surface area contributed by atoms with E-state index in [0.717, 1.165) is 11.1 Å². The van der Waals surface area contributed by atoms with Crippen molar-refractivity contribution in [3.05, 3.63) is 113 Å². The minimum atomic E-state index is -4.01. The lowest BCUT2D eigenvalue weighted by Crippen LogP contribution is -2.23. The van der Waals surface area contributed by atoms with Crippen LogP contribution in [0.1, 0.15) is 11.1 Å². The summed E-state index contributed by atoms with van der Waals surface area (Å²) in [5, 5.41) is 4.49. The van der Waals surface area contributed by atoms with E-state index in [1.54, 1.807) is 53.1 Å². The van der Waals surface area contributed by atoms with Gasteiger partial charge in [-0.2, -0.15) is 9.78 Å². The maximum Gasteiger partial charge on any atom is 0.296 e. The van der Waals surface area contributed by atoms with E-state index in [9.17, 15) is 13.2 Å². The van der Waals surface area contributed by atoms with Gasteiger partial charge in [0.1, 0.15) is 16.2 Å². The van der Waals surface area contributed by atoms with Crippen LogP contribution < -0.4 is 11.3 Å². The minimum Gasteiger partial charge on any atom is -0.384 e. The molecule has 0 aliphatic rings. The number of nitrogen functional groups attached to an aromatic ring is 1. The Labute approximate surface area is 196 Å². The van der Waals surface area contributed by atoms with Crippen LogP contribution in [0.5, 0.6) is 0 Å². The van der Waals surface area contributed by atoms with E-state index in [-0.39, 0.29) is 33.1 Å². The maximum atomic E-state index is 13.7. The van der Waals surface area contributed by atoms with Crippen LogP contribution in [-0.4, -0.2) is 22.8 Å². The van der Waals surface area contributed by atoms with Gasteiger partial charge in [0.25, 0.3) is 5.56 Å². The van der Waals surface area contributed by atoms with Crippen molar-refractivity contribution in [1.82, 2.24) is 14.3 Å². The number of aromatic nitrogens is 3. The van der Waals surface area contributed by atoms with Crippen LogP contribution in [0.25, 0.3) is 16.6 Å². The number of benzene rings is 3. The highest BCUT2D eigenvalue weighted by atomic mass is 32.2. The van der Waals surface area contributed by atoms with Crippen LogP contribution in [0.15, 0.2) is 106 Å². The van der Waals surface area contributed by atoms with Crippen molar-refractivity contribution in [2.75, 3.05) is 5.73 Å². The highest BCUT2D eigenvalue weighted by molar-refractivity contribution is 7.92. The van der Waals surface area contributed by atoms with Gasteiger partial charge in [0.15, 0.2) is 0 Å². The molecule has 2 N–H and O–H groups in total. The fourth-order valence-corrected chi connectivity index (χ4v) is 5.61. The predicted molar refractivity (Wildman–Crippen MR) is 132 cm³/mol. The monoisotopic (exact) mass is 470 g/mol. The van der Waals surface area contributed by atoms with Gasteiger partial charge in [0, 0.05) is 11.9 Å². The average Bonchev–Trinajstić information content (AvgIpc) is 3.13. The van der Waals surface area contributed by atoms with E-state index < -0.39 is 15.4 Å². The first-order valence-corrected chi connectivity index (χ1v) is 12.2. The van der Waals surface area contributed by atoms with E-state index in [0.29, 0.717) is 5.69 Å². The number of anilines is 1. The summed E-state index contributed by atoms with van der Waals surface area (Å²) < 4.78 is 30.2.